The number of hydrogen-bond acceptors (Lipinski definition) is 3. The highest BCUT2D eigenvalue weighted by atomic mass is 32.1. The minimum Gasteiger partial charge on any atom is -0.338 e. The number of rotatable bonds is 3. The van der Waals surface area contributed by atoms with Crippen molar-refractivity contribution in [2.45, 2.75) is 32.7 Å². The van der Waals surface area contributed by atoms with E-state index in [0.717, 1.165) is 10.6 Å². The lowest BCUT2D eigenvalue weighted by atomic mass is 10.2. The molecule has 4 heteroatoms. The molecule has 1 amide bonds. The Bertz CT molecular complexity index is 370. The summed E-state index contributed by atoms with van der Waals surface area (Å²) >= 11 is 1.43. The van der Waals surface area contributed by atoms with Crippen molar-refractivity contribution in [1.82, 2.24) is 9.88 Å². The minimum atomic E-state index is 0.120. The number of hydrogen-bond donors (Lipinski definition) is 0. The number of nitrogens with zero attached hydrogens (tertiary/aromatic N) is 2. The van der Waals surface area contributed by atoms with Crippen molar-refractivity contribution in [2.75, 3.05) is 7.05 Å². The molecule has 15 heavy (non-hydrogen) atoms. The quantitative estimate of drug-likeness (QED) is 0.789. The molecule has 0 radical (unpaired) electrons. The van der Waals surface area contributed by atoms with Gasteiger partial charge in [0.1, 0.15) is 4.88 Å². The van der Waals surface area contributed by atoms with Gasteiger partial charge in [0, 0.05) is 13.1 Å². The van der Waals surface area contributed by atoms with E-state index in [4.69, 9.17) is 0 Å². The first kappa shape index (κ1) is 10.6. The van der Waals surface area contributed by atoms with E-state index in [0.29, 0.717) is 12.0 Å². The Balaban J connectivity index is 2.10. The Morgan fingerprint density at radius 3 is 2.80 bits per heavy atom. The molecule has 3 nitrogen and oxygen atoms in total. The Hall–Kier alpha value is -0.900. The van der Waals surface area contributed by atoms with E-state index >= 15 is 0 Å². The molecular formula is C11H16N2OS. The van der Waals surface area contributed by atoms with Gasteiger partial charge >= 0.3 is 0 Å². The highest BCUT2D eigenvalue weighted by molar-refractivity contribution is 7.11. The summed E-state index contributed by atoms with van der Waals surface area (Å²) in [5, 5.41) is 0. The predicted molar refractivity (Wildman–Crippen MR) is 61.1 cm³/mol. The Kier molecular flexibility index (Phi) is 2.78. The molecule has 1 aromatic heterocycles. The molecule has 1 atom stereocenters. The van der Waals surface area contributed by atoms with Crippen LogP contribution < -0.4 is 0 Å². The number of thiazole rings is 1. The fraction of sp³-hybridized carbons (Fsp3) is 0.636. The highest BCUT2D eigenvalue weighted by Crippen LogP contribution is 2.35. The lowest BCUT2D eigenvalue weighted by Crippen LogP contribution is -2.36. The van der Waals surface area contributed by atoms with Crippen molar-refractivity contribution in [2.24, 2.45) is 5.92 Å². The van der Waals surface area contributed by atoms with Gasteiger partial charge in [-0.25, -0.2) is 4.98 Å². The zero-order chi connectivity index (χ0) is 11.0. The van der Waals surface area contributed by atoms with Gasteiger partial charge < -0.3 is 4.90 Å². The molecule has 0 aliphatic heterocycles. The van der Waals surface area contributed by atoms with Gasteiger partial charge in [0.2, 0.25) is 0 Å². The van der Waals surface area contributed by atoms with Gasteiger partial charge in [0.15, 0.2) is 0 Å². The van der Waals surface area contributed by atoms with Gasteiger partial charge in [-0.3, -0.25) is 4.79 Å². The molecule has 0 bridgehead atoms. The molecule has 1 aliphatic rings. The van der Waals surface area contributed by atoms with E-state index in [2.05, 4.69) is 11.9 Å². The van der Waals surface area contributed by atoms with E-state index in [1.807, 2.05) is 18.9 Å². The SMILES string of the molecule is Cc1ncsc1C(=O)N(C)[C@@H](C)C1CC1. The molecule has 0 saturated heterocycles. The number of carbonyl (C=O) groups is 1. The summed E-state index contributed by atoms with van der Waals surface area (Å²) in [4.78, 5) is 18.8. The molecule has 0 aromatic carbocycles. The third-order valence-electron chi connectivity index (χ3n) is 3.18. The third kappa shape index (κ3) is 2.04. The normalized spacial score (nSPS) is 17.5. The zero-order valence-corrected chi connectivity index (χ0v) is 10.2. The van der Waals surface area contributed by atoms with Crippen LogP contribution in [0.25, 0.3) is 0 Å². The second-order valence-electron chi connectivity index (χ2n) is 4.26. The van der Waals surface area contributed by atoms with E-state index in [1.165, 1.54) is 24.2 Å². The summed E-state index contributed by atoms with van der Waals surface area (Å²) in [6.07, 6.45) is 2.53. The average molecular weight is 224 g/mol. The first-order valence-corrected chi connectivity index (χ1v) is 6.16. The van der Waals surface area contributed by atoms with Crippen molar-refractivity contribution < 1.29 is 4.79 Å². The number of carbonyl (C=O) groups excluding carboxylic acids is 1. The molecule has 2 rings (SSSR count). The lowest BCUT2D eigenvalue weighted by molar-refractivity contribution is 0.0731. The molecule has 0 spiro atoms. The van der Waals surface area contributed by atoms with Crippen molar-refractivity contribution in [3.8, 4) is 0 Å². The smallest absolute Gasteiger partial charge is 0.265 e. The molecule has 1 heterocycles. The van der Waals surface area contributed by atoms with Crippen molar-refractivity contribution in [3.05, 3.63) is 16.1 Å². The first-order valence-electron chi connectivity index (χ1n) is 5.28. The summed E-state index contributed by atoms with van der Waals surface area (Å²) in [5.74, 6) is 0.835. The van der Waals surface area contributed by atoms with Crippen LogP contribution in [0.15, 0.2) is 5.51 Å². The van der Waals surface area contributed by atoms with Crippen LogP contribution in [0.3, 0.4) is 0 Å². The molecule has 82 valence electrons. The lowest BCUT2D eigenvalue weighted by Gasteiger charge is -2.24. The van der Waals surface area contributed by atoms with Crippen LogP contribution in [0.4, 0.5) is 0 Å². The third-order valence-corrected chi connectivity index (χ3v) is 4.09. The van der Waals surface area contributed by atoms with Gasteiger partial charge in [-0.2, -0.15) is 0 Å². The summed E-state index contributed by atoms with van der Waals surface area (Å²) in [7, 11) is 1.89. The second kappa shape index (κ2) is 3.93. The predicted octanol–water partition coefficient (Wildman–Crippen LogP) is 2.32. The number of amides is 1. The van der Waals surface area contributed by atoms with Crippen LogP contribution >= 0.6 is 11.3 Å². The average Bonchev–Trinajstić information content (AvgIpc) is 2.98. The van der Waals surface area contributed by atoms with Crippen molar-refractivity contribution >= 4 is 17.2 Å². The first-order chi connectivity index (χ1) is 7.11. The van der Waals surface area contributed by atoms with Crippen LogP contribution in [0.2, 0.25) is 0 Å². The molecule has 1 fully saturated rings. The molecule has 1 saturated carbocycles. The van der Waals surface area contributed by atoms with Crippen LogP contribution in [0, 0.1) is 12.8 Å². The molecule has 0 N–H and O–H groups in total. The van der Waals surface area contributed by atoms with Gasteiger partial charge in [0.25, 0.3) is 5.91 Å². The van der Waals surface area contributed by atoms with E-state index in [9.17, 15) is 4.79 Å². The summed E-state index contributed by atoms with van der Waals surface area (Å²) in [5.41, 5.74) is 2.58. The van der Waals surface area contributed by atoms with Gasteiger partial charge in [-0.15, -0.1) is 11.3 Å². The zero-order valence-electron chi connectivity index (χ0n) is 9.36. The summed E-state index contributed by atoms with van der Waals surface area (Å²) in [6.45, 7) is 4.02. The van der Waals surface area contributed by atoms with Gasteiger partial charge in [0.05, 0.1) is 11.2 Å². The fourth-order valence-corrected chi connectivity index (χ4v) is 2.53. The van der Waals surface area contributed by atoms with Crippen LogP contribution in [-0.4, -0.2) is 28.9 Å². The fourth-order valence-electron chi connectivity index (χ4n) is 1.75. The summed E-state index contributed by atoms with van der Waals surface area (Å²) < 4.78 is 0. The topological polar surface area (TPSA) is 33.2 Å². The Morgan fingerprint density at radius 1 is 1.67 bits per heavy atom. The van der Waals surface area contributed by atoms with E-state index in [-0.39, 0.29) is 5.91 Å². The van der Waals surface area contributed by atoms with Gasteiger partial charge in [-0.1, -0.05) is 0 Å². The largest absolute Gasteiger partial charge is 0.338 e. The molecule has 1 aromatic rings. The van der Waals surface area contributed by atoms with E-state index in [1.54, 1.807) is 5.51 Å². The molecule has 1 aliphatic carbocycles. The van der Waals surface area contributed by atoms with Crippen LogP contribution in [-0.2, 0) is 0 Å². The highest BCUT2D eigenvalue weighted by Gasteiger charge is 2.33. The standard InChI is InChI=1S/C11H16N2OS/c1-7-10(15-6-12-7)11(14)13(3)8(2)9-4-5-9/h6,8-9H,4-5H2,1-3H3/t8-/m0/s1. The van der Waals surface area contributed by atoms with Crippen LogP contribution in [0.5, 0.6) is 0 Å². The van der Waals surface area contributed by atoms with Crippen molar-refractivity contribution in [1.29, 1.82) is 0 Å². The second-order valence-corrected chi connectivity index (χ2v) is 5.12. The Labute approximate surface area is 94.1 Å². The Morgan fingerprint density at radius 2 is 2.33 bits per heavy atom. The molecule has 0 unspecified atom stereocenters. The van der Waals surface area contributed by atoms with Crippen molar-refractivity contribution in [3.63, 3.8) is 0 Å². The summed E-state index contributed by atoms with van der Waals surface area (Å²) in [6, 6.07) is 0.360. The number of aromatic nitrogens is 1. The molecular weight excluding hydrogens is 208 g/mol. The number of aryl methyl sites for hydroxylation is 1. The van der Waals surface area contributed by atoms with Crippen LogP contribution in [0.1, 0.15) is 35.1 Å². The van der Waals surface area contributed by atoms with E-state index < -0.39 is 0 Å². The maximum atomic E-state index is 12.1. The monoisotopic (exact) mass is 224 g/mol. The minimum absolute atomic E-state index is 0.120. The van der Waals surface area contributed by atoms with Gasteiger partial charge in [-0.05, 0) is 32.6 Å². The maximum Gasteiger partial charge on any atom is 0.265 e. The maximum absolute atomic E-state index is 12.1.